The molecule has 0 spiro atoms. The van der Waals surface area contributed by atoms with E-state index in [1.54, 1.807) is 0 Å². The number of amides is 1. The minimum Gasteiger partial charge on any atom is -0.459 e. The van der Waals surface area contributed by atoms with Gasteiger partial charge in [0.25, 0.3) is 5.91 Å². The third-order valence-corrected chi connectivity index (χ3v) is 5.96. The molecule has 0 aliphatic carbocycles. The lowest BCUT2D eigenvalue weighted by atomic mass is 9.80. The van der Waals surface area contributed by atoms with Crippen molar-refractivity contribution in [1.29, 1.82) is 0 Å². The zero-order chi connectivity index (χ0) is 22.1. The van der Waals surface area contributed by atoms with Gasteiger partial charge in [-0.15, -0.1) is 0 Å². The number of carbonyl (C=O) groups excluding carboxylic acids is 1. The van der Waals surface area contributed by atoms with Gasteiger partial charge in [-0.3, -0.25) is 4.79 Å². The molecular weight excluding hydrogens is 458 g/mol. The van der Waals surface area contributed by atoms with Gasteiger partial charge in [-0.2, -0.15) is 0 Å². The van der Waals surface area contributed by atoms with Gasteiger partial charge in [-0.25, -0.2) is 0 Å². The Bertz CT molecular complexity index is 854. The summed E-state index contributed by atoms with van der Waals surface area (Å²) in [7, 11) is 0. The van der Waals surface area contributed by atoms with Crippen molar-refractivity contribution in [3.05, 3.63) is 82.0 Å². The molecule has 1 aliphatic rings. The van der Waals surface area contributed by atoms with Crippen LogP contribution in [0.5, 0.6) is 0 Å². The molecule has 1 amide bonds. The molecule has 2 aromatic rings. The number of hydrogen-bond acceptors (Lipinski definition) is 4. The van der Waals surface area contributed by atoms with Crippen LogP contribution in [0.4, 0.5) is 0 Å². The highest BCUT2D eigenvalue weighted by Crippen LogP contribution is 2.39. The summed E-state index contributed by atoms with van der Waals surface area (Å²) in [5.41, 5.74) is 2.26. The van der Waals surface area contributed by atoms with Crippen LogP contribution in [-0.4, -0.2) is 37.1 Å². The molecule has 0 unspecified atom stereocenters. The monoisotopic (exact) mass is 487 g/mol. The second kappa shape index (κ2) is 12.0. The summed E-state index contributed by atoms with van der Waals surface area (Å²) in [5.74, 6) is 0.0250. The van der Waals surface area contributed by atoms with Crippen LogP contribution in [0.15, 0.2) is 70.9 Å². The Hall–Kier alpha value is -2.15. The van der Waals surface area contributed by atoms with E-state index in [1.807, 2.05) is 55.5 Å². The van der Waals surface area contributed by atoms with Crippen molar-refractivity contribution in [1.82, 2.24) is 5.32 Å². The fourth-order valence-electron chi connectivity index (χ4n) is 3.88. The number of rotatable bonds is 10. The van der Waals surface area contributed by atoms with Gasteiger partial charge < -0.3 is 19.9 Å². The Morgan fingerprint density at radius 1 is 1.16 bits per heavy atom. The Morgan fingerprint density at radius 2 is 1.90 bits per heavy atom. The van der Waals surface area contributed by atoms with Crippen LogP contribution >= 0.6 is 15.9 Å². The lowest BCUT2D eigenvalue weighted by molar-refractivity contribution is -0.166. The second-order valence-corrected chi connectivity index (χ2v) is 8.49. The second-order valence-electron chi connectivity index (χ2n) is 7.57. The summed E-state index contributed by atoms with van der Waals surface area (Å²) >= 11 is 3.48. The van der Waals surface area contributed by atoms with Gasteiger partial charge in [0.05, 0.1) is 0 Å². The Labute approximate surface area is 192 Å². The fourth-order valence-corrected chi connectivity index (χ4v) is 4.15. The molecule has 3 rings (SSSR count). The fraction of sp³-hybridized carbons (Fsp3) is 0.400. The molecule has 31 heavy (non-hydrogen) atoms. The number of aliphatic hydroxyl groups is 1. The maximum Gasteiger partial charge on any atom is 0.286 e. The summed E-state index contributed by atoms with van der Waals surface area (Å²) in [6.07, 6.45) is 3.51. The van der Waals surface area contributed by atoms with E-state index in [9.17, 15) is 9.90 Å². The van der Waals surface area contributed by atoms with Crippen molar-refractivity contribution in [2.75, 3.05) is 19.8 Å². The largest absolute Gasteiger partial charge is 0.459 e. The van der Waals surface area contributed by atoms with Crippen LogP contribution in [0.25, 0.3) is 0 Å². The quantitative estimate of drug-likeness (QED) is 0.515. The van der Waals surface area contributed by atoms with Gasteiger partial charge in [0.1, 0.15) is 0 Å². The number of hydrogen-bond donors (Lipinski definition) is 2. The first-order valence-electron chi connectivity index (χ1n) is 10.8. The highest BCUT2D eigenvalue weighted by atomic mass is 79.9. The Morgan fingerprint density at radius 3 is 2.58 bits per heavy atom. The first-order chi connectivity index (χ1) is 15.1. The first-order valence-corrected chi connectivity index (χ1v) is 11.6. The van der Waals surface area contributed by atoms with Crippen molar-refractivity contribution >= 4 is 21.8 Å². The zero-order valence-corrected chi connectivity index (χ0v) is 19.4. The molecule has 1 aliphatic heterocycles. The number of aliphatic hydroxyl groups excluding tert-OH is 1. The number of benzene rings is 2. The molecule has 6 heteroatoms. The summed E-state index contributed by atoms with van der Waals surface area (Å²) < 4.78 is 12.9. The third kappa shape index (κ3) is 6.66. The summed E-state index contributed by atoms with van der Waals surface area (Å²) in [6, 6.07) is 18.1. The number of nitrogens with one attached hydrogen (secondary N) is 1. The summed E-state index contributed by atoms with van der Waals surface area (Å²) in [5, 5.41) is 12.3. The molecule has 166 valence electrons. The van der Waals surface area contributed by atoms with Crippen LogP contribution in [0, 0.1) is 5.92 Å². The number of halogens is 1. The van der Waals surface area contributed by atoms with Crippen molar-refractivity contribution < 1.29 is 19.4 Å². The van der Waals surface area contributed by atoms with Gasteiger partial charge in [0.2, 0.25) is 6.29 Å². The van der Waals surface area contributed by atoms with Crippen LogP contribution in [-0.2, 0) is 20.7 Å². The van der Waals surface area contributed by atoms with Gasteiger partial charge in [-0.1, -0.05) is 58.4 Å². The molecule has 0 saturated carbocycles. The summed E-state index contributed by atoms with van der Waals surface area (Å²) in [4.78, 5) is 12.9. The van der Waals surface area contributed by atoms with Gasteiger partial charge >= 0.3 is 0 Å². The molecule has 0 aromatic heterocycles. The van der Waals surface area contributed by atoms with E-state index in [0.717, 1.165) is 22.9 Å². The Balaban J connectivity index is 1.78. The van der Waals surface area contributed by atoms with Gasteiger partial charge in [0.15, 0.2) is 5.76 Å². The van der Waals surface area contributed by atoms with Crippen molar-refractivity contribution in [2.24, 2.45) is 5.92 Å². The standard InChI is InChI=1S/C25H30BrNO4/c1-2-30-25-21(9-6-16-28)22(19-10-12-20(26)13-11-19)17-23(31-25)24(29)27-15-14-18-7-4-3-5-8-18/h3-5,7-8,10-13,17,21-22,25,28H,2,6,9,14-16H2,1H3,(H,27,29)/t21-,22-,25-/m1/s1. The van der Waals surface area contributed by atoms with Crippen molar-refractivity contribution in [3.63, 3.8) is 0 Å². The van der Waals surface area contributed by atoms with Gasteiger partial charge in [-0.05, 0) is 55.5 Å². The maximum absolute atomic E-state index is 12.9. The maximum atomic E-state index is 12.9. The van der Waals surface area contributed by atoms with E-state index in [0.29, 0.717) is 25.3 Å². The number of carbonyl (C=O) groups is 1. The molecule has 5 nitrogen and oxygen atoms in total. The third-order valence-electron chi connectivity index (χ3n) is 5.43. The average Bonchev–Trinajstić information content (AvgIpc) is 2.79. The van der Waals surface area contributed by atoms with E-state index in [1.165, 1.54) is 5.56 Å². The number of ether oxygens (including phenoxy) is 2. The molecule has 1 heterocycles. The predicted octanol–water partition coefficient (Wildman–Crippen LogP) is 4.56. The van der Waals surface area contributed by atoms with Gasteiger partial charge in [0, 0.05) is 36.1 Å². The Kier molecular flexibility index (Phi) is 9.13. The normalized spacial score (nSPS) is 20.6. The predicted molar refractivity (Wildman–Crippen MR) is 124 cm³/mol. The lowest BCUT2D eigenvalue weighted by Gasteiger charge is -2.37. The zero-order valence-electron chi connectivity index (χ0n) is 17.8. The SMILES string of the molecule is CCO[C@@H]1OC(C(=O)NCCc2ccccc2)=C[C@H](c2ccc(Br)cc2)[C@H]1CCCO. The molecular formula is C25H30BrNO4. The minimum absolute atomic E-state index is 0.00847. The molecule has 2 N–H and O–H groups in total. The first kappa shape index (κ1) is 23.5. The average molecular weight is 488 g/mol. The van der Waals surface area contributed by atoms with E-state index in [-0.39, 0.29) is 24.3 Å². The van der Waals surface area contributed by atoms with Crippen molar-refractivity contribution in [3.8, 4) is 0 Å². The molecule has 3 atom stereocenters. The molecule has 0 saturated heterocycles. The van der Waals surface area contributed by atoms with Crippen LogP contribution in [0.2, 0.25) is 0 Å². The highest BCUT2D eigenvalue weighted by molar-refractivity contribution is 9.10. The van der Waals surface area contributed by atoms with Crippen molar-refractivity contribution in [2.45, 2.75) is 38.4 Å². The van der Waals surface area contributed by atoms with E-state index < -0.39 is 6.29 Å². The van der Waals surface area contributed by atoms with E-state index in [2.05, 4.69) is 33.4 Å². The van der Waals surface area contributed by atoms with Crippen LogP contribution < -0.4 is 5.32 Å². The molecule has 0 fully saturated rings. The molecule has 2 aromatic carbocycles. The minimum atomic E-state index is -0.537. The lowest BCUT2D eigenvalue weighted by Crippen LogP contribution is -2.39. The highest BCUT2D eigenvalue weighted by Gasteiger charge is 2.37. The molecule has 0 radical (unpaired) electrons. The topological polar surface area (TPSA) is 67.8 Å². The summed E-state index contributed by atoms with van der Waals surface area (Å²) in [6.45, 7) is 3.04. The van der Waals surface area contributed by atoms with E-state index >= 15 is 0 Å². The number of allylic oxidation sites excluding steroid dienone is 1. The molecule has 0 bridgehead atoms. The van der Waals surface area contributed by atoms with Crippen LogP contribution in [0.3, 0.4) is 0 Å². The van der Waals surface area contributed by atoms with E-state index in [4.69, 9.17) is 9.47 Å². The van der Waals surface area contributed by atoms with Crippen LogP contribution in [0.1, 0.15) is 36.8 Å². The smallest absolute Gasteiger partial charge is 0.286 e.